The molecule has 0 saturated carbocycles. The van der Waals surface area contributed by atoms with Crippen LogP contribution in [0.15, 0.2) is 59.7 Å². The second-order valence-corrected chi connectivity index (χ2v) is 8.26. The Kier molecular flexibility index (Phi) is 4.32. The lowest BCUT2D eigenvalue weighted by Crippen LogP contribution is -2.65. The molecule has 3 atom stereocenters. The fourth-order valence-electron chi connectivity index (χ4n) is 4.85. The normalized spacial score (nSPS) is 24.5. The second kappa shape index (κ2) is 6.94. The summed E-state index contributed by atoms with van der Waals surface area (Å²) in [6.45, 7) is 2.25. The third-order valence-corrected chi connectivity index (χ3v) is 6.35. The average molecular weight is 418 g/mol. The van der Waals surface area contributed by atoms with E-state index in [-0.39, 0.29) is 30.5 Å². The van der Waals surface area contributed by atoms with Crippen LogP contribution in [-0.4, -0.2) is 38.5 Å². The minimum atomic E-state index is -0.968. The summed E-state index contributed by atoms with van der Waals surface area (Å²) in [6.07, 6.45) is 1.93. The van der Waals surface area contributed by atoms with Crippen molar-refractivity contribution in [3.8, 4) is 5.75 Å². The van der Waals surface area contributed by atoms with Gasteiger partial charge in [-0.3, -0.25) is 19.0 Å². The van der Waals surface area contributed by atoms with Gasteiger partial charge in [0.05, 0.1) is 17.2 Å². The lowest BCUT2D eigenvalue weighted by atomic mass is 9.73. The van der Waals surface area contributed by atoms with Gasteiger partial charge < -0.3 is 15.4 Å². The largest absolute Gasteiger partial charge is 0.468 e. The molecule has 2 aromatic carbocycles. The number of fused-ring (bicyclic) bond motifs is 5. The van der Waals surface area contributed by atoms with Crippen LogP contribution in [0.25, 0.3) is 10.9 Å². The monoisotopic (exact) mass is 418 g/mol. The van der Waals surface area contributed by atoms with Crippen LogP contribution in [0, 0.1) is 5.92 Å². The molecule has 5 rings (SSSR count). The summed E-state index contributed by atoms with van der Waals surface area (Å²) in [4.78, 5) is 44.3. The van der Waals surface area contributed by atoms with Crippen molar-refractivity contribution in [3.05, 3.63) is 70.8 Å². The Hall–Kier alpha value is -3.68. The van der Waals surface area contributed by atoms with Crippen molar-refractivity contribution in [3.63, 3.8) is 0 Å². The maximum atomic E-state index is 13.4. The Morgan fingerprint density at radius 3 is 2.71 bits per heavy atom. The minimum absolute atomic E-state index is 0.181. The maximum Gasteiger partial charge on any atom is 0.261 e. The number of amides is 2. The van der Waals surface area contributed by atoms with Gasteiger partial charge in [-0.2, -0.15) is 0 Å². The highest BCUT2D eigenvalue weighted by Gasteiger charge is 2.55. The number of aromatic nitrogens is 2. The van der Waals surface area contributed by atoms with Crippen molar-refractivity contribution in [2.24, 2.45) is 11.7 Å². The molecule has 8 nitrogen and oxygen atoms in total. The SMILES string of the molecule is C[C@@]12C[C@@H](c3ccccc3O1)[C@H](C(N)=O)C(=O)N2CCn1cnc2ccccc2c1=O. The summed E-state index contributed by atoms with van der Waals surface area (Å²) >= 11 is 0. The first-order chi connectivity index (χ1) is 14.9. The number of para-hydroxylation sites is 2. The second-order valence-electron chi connectivity index (χ2n) is 8.26. The van der Waals surface area contributed by atoms with Crippen LogP contribution in [-0.2, 0) is 16.1 Å². The van der Waals surface area contributed by atoms with E-state index in [1.54, 1.807) is 18.2 Å². The molecular weight excluding hydrogens is 396 g/mol. The molecular formula is C23H22N4O4. The van der Waals surface area contributed by atoms with Crippen LogP contribution < -0.4 is 16.0 Å². The number of nitrogens with two attached hydrogens (primary N) is 1. The number of likely N-dealkylation sites (tertiary alicyclic amines) is 1. The molecule has 8 heteroatoms. The fraction of sp³-hybridized carbons (Fsp3) is 0.304. The Morgan fingerprint density at radius 2 is 1.90 bits per heavy atom. The van der Waals surface area contributed by atoms with Crippen molar-refractivity contribution in [2.45, 2.75) is 31.5 Å². The van der Waals surface area contributed by atoms with Gasteiger partial charge >= 0.3 is 0 Å². The molecule has 3 aromatic rings. The number of piperidine rings is 1. The Morgan fingerprint density at radius 1 is 1.16 bits per heavy atom. The van der Waals surface area contributed by atoms with Crippen LogP contribution in [0.2, 0.25) is 0 Å². The molecule has 2 bridgehead atoms. The maximum absolute atomic E-state index is 13.4. The van der Waals surface area contributed by atoms with E-state index in [4.69, 9.17) is 10.5 Å². The third kappa shape index (κ3) is 2.98. The number of benzene rings is 2. The van der Waals surface area contributed by atoms with Crippen molar-refractivity contribution < 1.29 is 14.3 Å². The zero-order valence-electron chi connectivity index (χ0n) is 17.0. The van der Waals surface area contributed by atoms with E-state index < -0.39 is 17.6 Å². The van der Waals surface area contributed by atoms with Gasteiger partial charge in [0, 0.05) is 25.4 Å². The predicted octanol–water partition coefficient (Wildman–Crippen LogP) is 1.62. The third-order valence-electron chi connectivity index (χ3n) is 6.35. The first-order valence-corrected chi connectivity index (χ1v) is 10.2. The van der Waals surface area contributed by atoms with E-state index in [0.717, 1.165) is 5.56 Å². The molecule has 0 unspecified atom stereocenters. The zero-order chi connectivity index (χ0) is 21.8. The summed E-state index contributed by atoms with van der Waals surface area (Å²) < 4.78 is 7.71. The standard InChI is InChI=1S/C23H22N4O4/c1-23-12-16(14-6-3-5-9-18(14)31-23)19(20(24)28)22(30)27(23)11-10-26-13-25-17-8-4-2-7-15(17)21(26)29/h2-9,13,16,19H,10-12H2,1H3,(H2,24,28)/t16-,19+,23-/m0/s1. The molecule has 2 aliphatic rings. The molecule has 0 radical (unpaired) electrons. The Bertz CT molecular complexity index is 1270. The quantitative estimate of drug-likeness (QED) is 0.648. The van der Waals surface area contributed by atoms with Crippen molar-refractivity contribution in [2.75, 3.05) is 6.54 Å². The van der Waals surface area contributed by atoms with E-state index in [9.17, 15) is 14.4 Å². The van der Waals surface area contributed by atoms with E-state index >= 15 is 0 Å². The van der Waals surface area contributed by atoms with Gasteiger partial charge in [-0.1, -0.05) is 30.3 Å². The summed E-state index contributed by atoms with van der Waals surface area (Å²) in [6, 6.07) is 14.5. The highest BCUT2D eigenvalue weighted by Crippen LogP contribution is 2.49. The number of hydrogen-bond acceptors (Lipinski definition) is 5. The number of primary amides is 1. The number of carbonyl (C=O) groups excluding carboxylic acids is 2. The van der Waals surface area contributed by atoms with Crippen LogP contribution in [0.5, 0.6) is 5.75 Å². The fourth-order valence-corrected chi connectivity index (χ4v) is 4.85. The molecule has 0 aliphatic carbocycles. The van der Waals surface area contributed by atoms with Crippen LogP contribution in [0.3, 0.4) is 0 Å². The number of carbonyl (C=O) groups is 2. The molecule has 0 spiro atoms. The van der Waals surface area contributed by atoms with Gasteiger partial charge in [-0.25, -0.2) is 4.98 Å². The van der Waals surface area contributed by atoms with Crippen LogP contribution in [0.4, 0.5) is 0 Å². The van der Waals surface area contributed by atoms with Crippen molar-refractivity contribution in [1.82, 2.24) is 14.5 Å². The first-order valence-electron chi connectivity index (χ1n) is 10.2. The summed E-state index contributed by atoms with van der Waals surface area (Å²) in [5.74, 6) is -1.67. The average Bonchev–Trinajstić information content (AvgIpc) is 2.74. The summed E-state index contributed by atoms with van der Waals surface area (Å²) in [7, 11) is 0. The van der Waals surface area contributed by atoms with E-state index in [1.807, 2.05) is 37.3 Å². The molecule has 1 aromatic heterocycles. The molecule has 31 heavy (non-hydrogen) atoms. The molecule has 1 saturated heterocycles. The van der Waals surface area contributed by atoms with E-state index in [1.165, 1.54) is 15.8 Å². The predicted molar refractivity (Wildman–Crippen MR) is 113 cm³/mol. The number of rotatable bonds is 4. The molecule has 2 N–H and O–H groups in total. The topological polar surface area (TPSA) is 108 Å². The van der Waals surface area contributed by atoms with Crippen LogP contribution >= 0.6 is 0 Å². The smallest absolute Gasteiger partial charge is 0.261 e. The zero-order valence-corrected chi connectivity index (χ0v) is 17.0. The highest BCUT2D eigenvalue weighted by atomic mass is 16.5. The van der Waals surface area contributed by atoms with Gasteiger partial charge in [0.2, 0.25) is 11.8 Å². The molecule has 2 amide bonds. The Balaban J connectivity index is 1.50. The lowest BCUT2D eigenvalue weighted by Gasteiger charge is -2.52. The minimum Gasteiger partial charge on any atom is -0.468 e. The van der Waals surface area contributed by atoms with Crippen LogP contribution in [0.1, 0.15) is 24.8 Å². The van der Waals surface area contributed by atoms with Crippen molar-refractivity contribution in [1.29, 1.82) is 0 Å². The molecule has 158 valence electrons. The van der Waals surface area contributed by atoms with Gasteiger partial charge in [0.25, 0.3) is 5.56 Å². The number of hydrogen-bond donors (Lipinski definition) is 1. The summed E-state index contributed by atoms with van der Waals surface area (Å²) in [5.41, 5.74) is 5.99. The van der Waals surface area contributed by atoms with Crippen molar-refractivity contribution >= 4 is 22.7 Å². The summed E-state index contributed by atoms with van der Waals surface area (Å²) in [5, 5.41) is 0.513. The number of ether oxygens (including phenoxy) is 1. The molecule has 1 fully saturated rings. The van der Waals surface area contributed by atoms with E-state index in [2.05, 4.69) is 4.98 Å². The van der Waals surface area contributed by atoms with Gasteiger partial charge in [0.15, 0.2) is 5.72 Å². The lowest BCUT2D eigenvalue weighted by molar-refractivity contribution is -0.175. The molecule has 3 heterocycles. The number of nitrogens with zero attached hydrogens (tertiary/aromatic N) is 3. The highest BCUT2D eigenvalue weighted by molar-refractivity contribution is 6.01. The molecule has 2 aliphatic heterocycles. The van der Waals surface area contributed by atoms with Gasteiger partial charge in [-0.15, -0.1) is 0 Å². The van der Waals surface area contributed by atoms with Gasteiger partial charge in [-0.05, 0) is 30.7 Å². The van der Waals surface area contributed by atoms with Gasteiger partial charge in [0.1, 0.15) is 11.7 Å². The Labute approximate surface area is 178 Å². The first kappa shape index (κ1) is 19.3. The van der Waals surface area contributed by atoms with E-state index in [0.29, 0.717) is 23.1 Å².